The summed E-state index contributed by atoms with van der Waals surface area (Å²) in [4.78, 5) is 1.21. The first-order valence-corrected chi connectivity index (χ1v) is 5.38. The van der Waals surface area contributed by atoms with E-state index >= 15 is 0 Å². The van der Waals surface area contributed by atoms with Crippen molar-refractivity contribution in [1.82, 2.24) is 0 Å². The third kappa shape index (κ3) is 1.90. The van der Waals surface area contributed by atoms with E-state index in [9.17, 15) is 0 Å². The molecule has 0 fully saturated rings. The predicted molar refractivity (Wildman–Crippen MR) is 55.3 cm³/mol. The molecule has 2 rings (SSSR count). The van der Waals surface area contributed by atoms with Gasteiger partial charge >= 0.3 is 7.12 Å². The molecule has 1 aromatic rings. The van der Waals surface area contributed by atoms with E-state index in [-0.39, 0.29) is 0 Å². The average molecular weight is 194 g/mol. The lowest BCUT2D eigenvalue weighted by molar-refractivity contribution is 0.425. The first-order valence-electron chi connectivity index (χ1n) is 4.39. The van der Waals surface area contributed by atoms with Crippen LogP contribution in [0.15, 0.2) is 23.1 Å². The minimum atomic E-state index is -1.34. The van der Waals surface area contributed by atoms with Gasteiger partial charge in [-0.3, -0.25) is 0 Å². The molecule has 4 heteroatoms. The van der Waals surface area contributed by atoms with Gasteiger partial charge in [0.15, 0.2) is 0 Å². The van der Waals surface area contributed by atoms with Crippen LogP contribution >= 0.6 is 11.8 Å². The molecule has 0 saturated carbocycles. The van der Waals surface area contributed by atoms with Crippen LogP contribution in [0.25, 0.3) is 0 Å². The Hall–Kier alpha value is -0.445. The second-order valence-electron chi connectivity index (χ2n) is 3.19. The van der Waals surface area contributed by atoms with Crippen LogP contribution in [0.2, 0.25) is 0 Å². The third-order valence-corrected chi connectivity index (χ3v) is 3.42. The van der Waals surface area contributed by atoms with E-state index in [0.29, 0.717) is 5.46 Å². The summed E-state index contributed by atoms with van der Waals surface area (Å²) in [5.74, 6) is 1.14. The lowest BCUT2D eigenvalue weighted by Gasteiger charge is -2.15. The van der Waals surface area contributed by atoms with Gasteiger partial charge in [0, 0.05) is 4.90 Å². The average Bonchev–Trinajstić information content (AvgIpc) is 2.17. The predicted octanol–water partition coefficient (Wildman–Crippen LogP) is 0.405. The fraction of sp³-hybridized carbons (Fsp3) is 0.333. The first kappa shape index (κ1) is 9.12. The molecule has 0 aromatic heterocycles. The van der Waals surface area contributed by atoms with Crippen molar-refractivity contribution in [2.45, 2.75) is 17.7 Å². The van der Waals surface area contributed by atoms with Crippen LogP contribution in [-0.2, 0) is 6.42 Å². The SMILES string of the molecule is OB(O)c1ccc2c(c1)SCCC2. The Morgan fingerprint density at radius 1 is 1.31 bits per heavy atom. The summed E-state index contributed by atoms with van der Waals surface area (Å²) in [5.41, 5.74) is 1.92. The summed E-state index contributed by atoms with van der Waals surface area (Å²) in [6, 6.07) is 5.66. The molecule has 2 nitrogen and oxygen atoms in total. The van der Waals surface area contributed by atoms with Crippen LogP contribution in [0.1, 0.15) is 12.0 Å². The van der Waals surface area contributed by atoms with Gasteiger partial charge in [-0.1, -0.05) is 12.1 Å². The molecule has 1 aromatic carbocycles. The molecule has 13 heavy (non-hydrogen) atoms. The summed E-state index contributed by atoms with van der Waals surface area (Å²) < 4.78 is 0. The lowest BCUT2D eigenvalue weighted by Crippen LogP contribution is -2.30. The second-order valence-corrected chi connectivity index (χ2v) is 4.33. The smallest absolute Gasteiger partial charge is 0.423 e. The van der Waals surface area contributed by atoms with E-state index in [1.807, 2.05) is 12.1 Å². The van der Waals surface area contributed by atoms with Crippen LogP contribution in [0, 0.1) is 0 Å². The number of hydrogen-bond donors (Lipinski definition) is 2. The van der Waals surface area contributed by atoms with Crippen molar-refractivity contribution in [3.05, 3.63) is 23.8 Å². The molecule has 0 aliphatic carbocycles. The highest BCUT2D eigenvalue weighted by Crippen LogP contribution is 2.28. The maximum Gasteiger partial charge on any atom is 0.488 e. The van der Waals surface area contributed by atoms with Crippen molar-refractivity contribution in [3.63, 3.8) is 0 Å². The topological polar surface area (TPSA) is 40.5 Å². The molecule has 68 valence electrons. The van der Waals surface area contributed by atoms with E-state index in [2.05, 4.69) is 0 Å². The quantitative estimate of drug-likeness (QED) is 0.636. The molecule has 0 saturated heterocycles. The van der Waals surface area contributed by atoms with Gasteiger partial charge in [-0.05, 0) is 35.7 Å². The standard InChI is InChI=1S/C9H11BO2S/c11-10(12)8-4-3-7-2-1-5-13-9(7)6-8/h3-4,6,11-12H,1-2,5H2. The number of rotatable bonds is 1. The summed E-state index contributed by atoms with van der Waals surface area (Å²) in [7, 11) is -1.34. The number of benzene rings is 1. The Bertz CT molecular complexity index is 314. The minimum absolute atomic E-state index is 0.591. The number of thioether (sulfide) groups is 1. The van der Waals surface area contributed by atoms with E-state index in [1.54, 1.807) is 17.8 Å². The highest BCUT2D eigenvalue weighted by molar-refractivity contribution is 7.99. The third-order valence-electron chi connectivity index (χ3n) is 2.24. The summed E-state index contributed by atoms with van der Waals surface area (Å²) >= 11 is 1.80. The highest BCUT2D eigenvalue weighted by Gasteiger charge is 2.15. The maximum atomic E-state index is 8.97. The molecule has 0 bridgehead atoms. The molecule has 0 spiro atoms. The molecule has 0 amide bonds. The van der Waals surface area contributed by atoms with Crippen LogP contribution in [0.4, 0.5) is 0 Å². The van der Waals surface area contributed by atoms with Gasteiger partial charge in [0.25, 0.3) is 0 Å². The highest BCUT2D eigenvalue weighted by atomic mass is 32.2. The van der Waals surface area contributed by atoms with E-state index < -0.39 is 7.12 Å². The van der Waals surface area contributed by atoms with Crippen LogP contribution in [0.3, 0.4) is 0 Å². The van der Waals surface area contributed by atoms with Crippen molar-refractivity contribution in [3.8, 4) is 0 Å². The fourth-order valence-electron chi connectivity index (χ4n) is 1.52. The number of fused-ring (bicyclic) bond motifs is 1. The summed E-state index contributed by atoms with van der Waals surface area (Å²) in [6.45, 7) is 0. The first-order chi connectivity index (χ1) is 6.27. The fourth-order valence-corrected chi connectivity index (χ4v) is 2.60. The van der Waals surface area contributed by atoms with Gasteiger partial charge < -0.3 is 10.0 Å². The Morgan fingerprint density at radius 2 is 2.15 bits per heavy atom. The zero-order valence-corrected chi connectivity index (χ0v) is 8.05. The molecule has 0 atom stereocenters. The molecular weight excluding hydrogens is 183 g/mol. The molecule has 1 aliphatic heterocycles. The summed E-state index contributed by atoms with van der Waals surface area (Å²) in [5, 5.41) is 17.9. The zero-order chi connectivity index (χ0) is 9.26. The molecule has 1 aliphatic rings. The number of hydrogen-bond acceptors (Lipinski definition) is 3. The van der Waals surface area contributed by atoms with Crippen molar-refractivity contribution < 1.29 is 10.0 Å². The Labute approximate surface area is 82.1 Å². The zero-order valence-electron chi connectivity index (χ0n) is 7.23. The van der Waals surface area contributed by atoms with Crippen LogP contribution in [0.5, 0.6) is 0 Å². The van der Waals surface area contributed by atoms with Crippen LogP contribution < -0.4 is 5.46 Å². The van der Waals surface area contributed by atoms with Gasteiger partial charge in [0.2, 0.25) is 0 Å². The maximum absolute atomic E-state index is 8.97. The van der Waals surface area contributed by atoms with Crippen molar-refractivity contribution in [1.29, 1.82) is 0 Å². The minimum Gasteiger partial charge on any atom is -0.423 e. The molecule has 2 N–H and O–H groups in total. The van der Waals surface area contributed by atoms with E-state index in [1.165, 1.54) is 16.9 Å². The van der Waals surface area contributed by atoms with Crippen molar-refractivity contribution >= 4 is 24.3 Å². The summed E-state index contributed by atoms with van der Waals surface area (Å²) in [6.07, 6.45) is 2.34. The van der Waals surface area contributed by atoms with E-state index in [4.69, 9.17) is 10.0 Å². The molecule has 1 heterocycles. The van der Waals surface area contributed by atoms with Gasteiger partial charge in [-0.25, -0.2) is 0 Å². The Balaban J connectivity index is 2.35. The second kappa shape index (κ2) is 3.74. The van der Waals surface area contributed by atoms with Gasteiger partial charge in [-0.15, -0.1) is 11.8 Å². The Morgan fingerprint density at radius 3 is 2.92 bits per heavy atom. The van der Waals surface area contributed by atoms with Gasteiger partial charge in [0.1, 0.15) is 0 Å². The Kier molecular flexibility index (Phi) is 2.62. The largest absolute Gasteiger partial charge is 0.488 e. The lowest BCUT2D eigenvalue weighted by atomic mass is 9.80. The monoisotopic (exact) mass is 194 g/mol. The van der Waals surface area contributed by atoms with E-state index in [0.717, 1.165) is 12.2 Å². The van der Waals surface area contributed by atoms with Gasteiger partial charge in [0.05, 0.1) is 0 Å². The molecule has 0 radical (unpaired) electrons. The van der Waals surface area contributed by atoms with Crippen molar-refractivity contribution in [2.24, 2.45) is 0 Å². The number of aryl methyl sites for hydroxylation is 1. The van der Waals surface area contributed by atoms with Gasteiger partial charge in [-0.2, -0.15) is 0 Å². The van der Waals surface area contributed by atoms with Crippen LogP contribution in [-0.4, -0.2) is 22.9 Å². The van der Waals surface area contributed by atoms with Crippen molar-refractivity contribution in [2.75, 3.05) is 5.75 Å². The molecular formula is C9H11BO2S. The normalized spacial score (nSPS) is 15.2. The molecule has 0 unspecified atom stereocenters.